The van der Waals surface area contributed by atoms with E-state index in [2.05, 4.69) is 26.1 Å². The molecule has 0 bridgehead atoms. The van der Waals surface area contributed by atoms with Gasteiger partial charge in [0.1, 0.15) is 11.2 Å². The summed E-state index contributed by atoms with van der Waals surface area (Å²) in [6.45, 7) is 7.94. The number of rotatable bonds is 6. The van der Waals surface area contributed by atoms with Crippen molar-refractivity contribution in [1.29, 1.82) is 0 Å². The van der Waals surface area contributed by atoms with Gasteiger partial charge in [-0.1, -0.05) is 66.3 Å². The molecule has 284 valence electrons. The fourth-order valence-corrected chi connectivity index (χ4v) is 5.35. The largest absolute Gasteiger partial charge is 0.465 e. The van der Waals surface area contributed by atoms with E-state index in [1.807, 2.05) is 52.0 Å². The van der Waals surface area contributed by atoms with Crippen LogP contribution < -0.4 is 5.73 Å². The number of halogens is 1. The van der Waals surface area contributed by atoms with Crippen LogP contribution in [0.3, 0.4) is 0 Å². The minimum atomic E-state index is -0.556. The molecule has 0 spiro atoms. The highest BCUT2D eigenvalue weighted by Gasteiger charge is 2.17. The Kier molecular flexibility index (Phi) is 13.3. The molecule has 3 N–H and O–H groups in total. The van der Waals surface area contributed by atoms with Gasteiger partial charge in [-0.3, -0.25) is 4.79 Å². The maximum absolute atomic E-state index is 11.5. The summed E-state index contributed by atoms with van der Waals surface area (Å²) in [6, 6.07) is 24.7. The van der Waals surface area contributed by atoms with Crippen LogP contribution in [0.2, 0.25) is 0 Å². The van der Waals surface area contributed by atoms with Gasteiger partial charge in [-0.05, 0) is 97.9 Å². The highest BCUT2D eigenvalue weighted by atomic mass is 35.5. The molecule has 0 radical (unpaired) electrons. The van der Waals surface area contributed by atoms with Crippen molar-refractivity contribution in [1.82, 2.24) is 10.1 Å². The van der Waals surface area contributed by atoms with Gasteiger partial charge < -0.3 is 33.8 Å². The van der Waals surface area contributed by atoms with E-state index in [0.717, 1.165) is 49.8 Å². The van der Waals surface area contributed by atoms with E-state index >= 15 is 0 Å². The summed E-state index contributed by atoms with van der Waals surface area (Å²) < 4.78 is 25.9. The minimum Gasteiger partial charge on any atom is -0.465 e. The molecule has 14 heteroatoms. The lowest BCUT2D eigenvalue weighted by Gasteiger charge is -2.00. The third-order valence-corrected chi connectivity index (χ3v) is 8.49. The second kappa shape index (κ2) is 17.9. The number of nitrogens with two attached hydrogens (primary N) is 1. The van der Waals surface area contributed by atoms with Crippen LogP contribution in [0.15, 0.2) is 103 Å². The van der Waals surface area contributed by atoms with Crippen molar-refractivity contribution in [3.8, 4) is 23.0 Å². The number of carbonyl (C=O) groups excluding carboxylic acids is 3. The van der Waals surface area contributed by atoms with Gasteiger partial charge in [0, 0.05) is 21.9 Å². The van der Waals surface area contributed by atoms with Gasteiger partial charge in [0.25, 0.3) is 11.1 Å². The number of nitrogens with zero attached hydrogens (tertiary/aromatic N) is 3. The zero-order valence-electron chi connectivity index (χ0n) is 30.1. The maximum atomic E-state index is 11.5. The molecule has 0 saturated heterocycles. The molecular weight excluding hydrogens is 728 g/mol. The summed E-state index contributed by atoms with van der Waals surface area (Å²) in [5, 5.41) is 16.7. The fraction of sp³-hybridized carbons (Fsp3) is 0.171. The fourth-order valence-electron chi connectivity index (χ4n) is 5.25. The number of fused-ring (bicyclic) bond motifs is 2. The van der Waals surface area contributed by atoms with Gasteiger partial charge in [-0.15, -0.1) is 0 Å². The molecule has 4 aromatic carbocycles. The highest BCUT2D eigenvalue weighted by molar-refractivity contribution is 6.67. The maximum Gasteiger partial charge on any atom is 0.337 e. The highest BCUT2D eigenvalue weighted by Crippen LogP contribution is 2.32. The monoisotopic (exact) mass is 766 g/mol. The van der Waals surface area contributed by atoms with Gasteiger partial charge >= 0.3 is 11.9 Å². The average Bonchev–Trinajstić information content (AvgIpc) is 3.98. The Morgan fingerprint density at radius 2 is 1.18 bits per heavy atom. The molecular formula is C41H39ClN4O9. The van der Waals surface area contributed by atoms with Crippen LogP contribution in [0.5, 0.6) is 0 Å². The van der Waals surface area contributed by atoms with Crippen LogP contribution in [-0.2, 0) is 9.47 Å². The summed E-state index contributed by atoms with van der Waals surface area (Å²) in [4.78, 5) is 37.9. The second-order valence-electron chi connectivity index (χ2n) is 11.9. The molecule has 3 aromatic heterocycles. The third-order valence-electron chi connectivity index (χ3n) is 8.30. The lowest BCUT2D eigenvalue weighted by Crippen LogP contribution is -2.13. The van der Waals surface area contributed by atoms with Crippen molar-refractivity contribution < 1.29 is 42.4 Å². The minimum absolute atomic E-state index is 0. The first-order chi connectivity index (χ1) is 25.8. The zero-order valence-corrected chi connectivity index (χ0v) is 30.8. The van der Waals surface area contributed by atoms with E-state index in [0.29, 0.717) is 34.2 Å². The van der Waals surface area contributed by atoms with E-state index in [9.17, 15) is 14.4 Å². The predicted molar refractivity (Wildman–Crippen MR) is 209 cm³/mol. The number of hydrogen-bond acceptors (Lipinski definition) is 12. The Bertz CT molecular complexity index is 2420. The number of aryl methyl sites for hydroxylation is 4. The van der Waals surface area contributed by atoms with Gasteiger partial charge in [-0.2, -0.15) is 4.98 Å². The smallest absolute Gasteiger partial charge is 0.337 e. The molecule has 7 rings (SSSR count). The Morgan fingerprint density at radius 1 is 0.709 bits per heavy atom. The Balaban J connectivity index is 0.000000198. The number of amidine groups is 1. The molecule has 13 nitrogen and oxygen atoms in total. The average molecular weight is 767 g/mol. The van der Waals surface area contributed by atoms with Crippen LogP contribution in [-0.4, -0.2) is 52.6 Å². The quantitative estimate of drug-likeness (QED) is 0.0408. The second-order valence-corrected chi connectivity index (χ2v) is 12.3. The summed E-state index contributed by atoms with van der Waals surface area (Å²) in [6.07, 6.45) is 0. The van der Waals surface area contributed by atoms with E-state index in [1.165, 1.54) is 14.2 Å². The summed E-state index contributed by atoms with van der Waals surface area (Å²) >= 11 is 5.35. The van der Waals surface area contributed by atoms with Crippen LogP contribution in [0, 0.1) is 27.7 Å². The van der Waals surface area contributed by atoms with Gasteiger partial charge in [0.15, 0.2) is 17.4 Å². The summed E-state index contributed by atoms with van der Waals surface area (Å²) in [5.74, 6) is 0.662. The SMILES string of the molecule is C.COC(=O)c1ccc(-c2noc(-c3cc4c(C)ccc(C)c4o3)n2)cc1.COC(=O)c1ccc(/C(N)=N/O)cc1.Cc1ccc(C)c2oc(C(=O)Cl)cc12. The molecule has 0 aliphatic carbocycles. The summed E-state index contributed by atoms with van der Waals surface area (Å²) in [5.41, 5.74) is 13.3. The number of benzene rings is 4. The number of ether oxygens (including phenoxy) is 2. The zero-order chi connectivity index (χ0) is 39.1. The molecule has 0 saturated carbocycles. The number of furan rings is 2. The van der Waals surface area contributed by atoms with Crippen molar-refractivity contribution in [2.75, 3.05) is 14.2 Å². The molecule has 7 aromatic rings. The molecule has 0 atom stereocenters. The molecule has 0 unspecified atom stereocenters. The van der Waals surface area contributed by atoms with Gasteiger partial charge in [0.2, 0.25) is 5.82 Å². The van der Waals surface area contributed by atoms with Gasteiger partial charge in [0.05, 0.1) is 25.3 Å². The number of esters is 2. The predicted octanol–water partition coefficient (Wildman–Crippen LogP) is 9.19. The molecule has 3 heterocycles. The van der Waals surface area contributed by atoms with Crippen LogP contribution in [0.1, 0.15) is 66.5 Å². The Morgan fingerprint density at radius 3 is 1.65 bits per heavy atom. The number of oxime groups is 1. The topological polar surface area (TPSA) is 193 Å². The van der Waals surface area contributed by atoms with E-state index < -0.39 is 17.2 Å². The molecule has 0 amide bonds. The molecule has 0 aliphatic rings. The first-order valence-corrected chi connectivity index (χ1v) is 16.6. The molecule has 0 aliphatic heterocycles. The molecule has 0 fully saturated rings. The van der Waals surface area contributed by atoms with Gasteiger partial charge in [-0.25, -0.2) is 9.59 Å². The number of hydrogen-bond donors (Lipinski definition) is 2. The Labute approximate surface area is 321 Å². The third kappa shape index (κ3) is 9.26. The first-order valence-electron chi connectivity index (χ1n) is 16.2. The van der Waals surface area contributed by atoms with Crippen molar-refractivity contribution in [3.63, 3.8) is 0 Å². The van der Waals surface area contributed by atoms with Crippen molar-refractivity contribution in [2.45, 2.75) is 35.1 Å². The Hall–Kier alpha value is -6.73. The van der Waals surface area contributed by atoms with Crippen LogP contribution in [0.4, 0.5) is 0 Å². The standard InChI is InChI=1S/C20H16N2O4.C11H9ClO2.C9H10N2O3.CH4/c1-11-4-5-12(2)17-15(11)10-16(25-17)19-21-18(22-26-19)13-6-8-14(9-7-13)20(23)24-3;1-6-3-4-7(2)10-8(6)5-9(14-10)11(12)13;1-14-9(12)7-4-2-6(3-5-7)8(10)11-13;/h4-10H,1-3H3;3-5H,1-2H3;2-5,13H,1H3,(H2,10,11);1H4. The van der Waals surface area contributed by atoms with Crippen molar-refractivity contribution >= 4 is 56.6 Å². The number of methoxy groups -OCH3 is 2. The lowest BCUT2D eigenvalue weighted by molar-refractivity contribution is 0.0592. The van der Waals surface area contributed by atoms with Crippen LogP contribution >= 0.6 is 11.6 Å². The van der Waals surface area contributed by atoms with E-state index in [4.69, 9.17) is 40.6 Å². The number of aromatic nitrogens is 2. The summed E-state index contributed by atoms with van der Waals surface area (Å²) in [7, 11) is 2.65. The lowest BCUT2D eigenvalue weighted by atomic mass is 10.1. The van der Waals surface area contributed by atoms with Crippen molar-refractivity contribution in [3.05, 3.63) is 130 Å². The normalized spacial score (nSPS) is 10.8. The van der Waals surface area contributed by atoms with E-state index in [-0.39, 0.29) is 19.0 Å². The van der Waals surface area contributed by atoms with Crippen molar-refractivity contribution in [2.24, 2.45) is 10.9 Å². The molecule has 55 heavy (non-hydrogen) atoms. The van der Waals surface area contributed by atoms with Crippen LogP contribution in [0.25, 0.3) is 45.0 Å². The first kappa shape index (κ1) is 41.0. The van der Waals surface area contributed by atoms with E-state index in [1.54, 1.807) is 54.6 Å². The number of carbonyl (C=O) groups is 3.